The molecule has 0 amide bonds. The molecule has 0 radical (unpaired) electrons. The van der Waals surface area contributed by atoms with E-state index >= 15 is 0 Å². The summed E-state index contributed by atoms with van der Waals surface area (Å²) in [5.41, 5.74) is 0. The number of hydrogen-bond donors (Lipinski definition) is 0. The summed E-state index contributed by atoms with van der Waals surface area (Å²) in [5.74, 6) is 0. The Hall–Kier alpha value is -0.603. The normalized spacial score (nSPS) is 13.1. The van der Waals surface area contributed by atoms with Crippen molar-refractivity contribution >= 4 is 14.1 Å². The van der Waals surface area contributed by atoms with Gasteiger partial charge in [0.2, 0.25) is 0 Å². The van der Waals surface area contributed by atoms with Crippen LogP contribution in [0.4, 0.5) is 0 Å². The summed E-state index contributed by atoms with van der Waals surface area (Å²) in [6.45, 7) is 9.25. The predicted octanol–water partition coefficient (Wildman–Crippen LogP) is 2.37. The SMILES string of the molecule is CCC[SiH](c1ccccc1)N(CC)CC. The van der Waals surface area contributed by atoms with Gasteiger partial charge < -0.3 is 4.57 Å². The van der Waals surface area contributed by atoms with E-state index in [0.717, 1.165) is 0 Å². The fraction of sp³-hybridized carbons (Fsp3) is 0.538. The summed E-state index contributed by atoms with van der Waals surface area (Å²) in [4.78, 5) is 0. The van der Waals surface area contributed by atoms with E-state index in [1.54, 1.807) is 5.19 Å². The van der Waals surface area contributed by atoms with Gasteiger partial charge in [0.15, 0.2) is 0 Å². The number of benzene rings is 1. The highest BCUT2D eigenvalue weighted by Gasteiger charge is 2.18. The second-order valence-electron chi connectivity index (χ2n) is 3.94. The Balaban J connectivity index is 2.81. The molecule has 84 valence electrons. The van der Waals surface area contributed by atoms with E-state index in [1.165, 1.54) is 25.6 Å². The third-order valence-corrected chi connectivity index (χ3v) is 6.89. The van der Waals surface area contributed by atoms with Crippen molar-refractivity contribution in [3.05, 3.63) is 30.3 Å². The van der Waals surface area contributed by atoms with Crippen molar-refractivity contribution in [3.8, 4) is 0 Å². The molecule has 1 nitrogen and oxygen atoms in total. The van der Waals surface area contributed by atoms with Gasteiger partial charge in [0.1, 0.15) is 8.96 Å². The van der Waals surface area contributed by atoms with Gasteiger partial charge in [-0.3, -0.25) is 0 Å². The van der Waals surface area contributed by atoms with Gasteiger partial charge in [-0.1, -0.05) is 57.5 Å². The molecule has 0 heterocycles. The van der Waals surface area contributed by atoms with Crippen molar-refractivity contribution in [1.82, 2.24) is 4.57 Å². The van der Waals surface area contributed by atoms with Gasteiger partial charge in [-0.05, 0) is 24.3 Å². The molecule has 1 atom stereocenters. The molecule has 0 bridgehead atoms. The topological polar surface area (TPSA) is 3.24 Å². The zero-order valence-electron chi connectivity index (χ0n) is 10.2. The smallest absolute Gasteiger partial charge is 0.143 e. The van der Waals surface area contributed by atoms with Crippen molar-refractivity contribution < 1.29 is 0 Å². The molecule has 0 saturated heterocycles. The van der Waals surface area contributed by atoms with E-state index < -0.39 is 8.96 Å². The molecular weight excluding hydrogens is 198 g/mol. The van der Waals surface area contributed by atoms with Crippen molar-refractivity contribution in [2.45, 2.75) is 33.2 Å². The van der Waals surface area contributed by atoms with Gasteiger partial charge in [-0.2, -0.15) is 0 Å². The van der Waals surface area contributed by atoms with Gasteiger partial charge in [0, 0.05) is 0 Å². The maximum Gasteiger partial charge on any atom is 0.143 e. The lowest BCUT2D eigenvalue weighted by Crippen LogP contribution is -2.47. The lowest BCUT2D eigenvalue weighted by Gasteiger charge is -2.28. The molecule has 0 aromatic heterocycles. The highest BCUT2D eigenvalue weighted by Crippen LogP contribution is 2.04. The first kappa shape index (κ1) is 12.5. The monoisotopic (exact) mass is 221 g/mol. The zero-order valence-corrected chi connectivity index (χ0v) is 11.4. The van der Waals surface area contributed by atoms with E-state index in [-0.39, 0.29) is 0 Å². The number of hydrogen-bond acceptors (Lipinski definition) is 1. The third kappa shape index (κ3) is 3.47. The average Bonchev–Trinajstić information content (AvgIpc) is 2.30. The molecule has 0 aliphatic rings. The maximum atomic E-state index is 2.68. The second-order valence-corrected chi connectivity index (χ2v) is 6.94. The van der Waals surface area contributed by atoms with Crippen LogP contribution in [0.3, 0.4) is 0 Å². The highest BCUT2D eigenvalue weighted by molar-refractivity contribution is 6.70. The molecule has 0 fully saturated rings. The van der Waals surface area contributed by atoms with Crippen LogP contribution in [0, 0.1) is 0 Å². The third-order valence-electron chi connectivity index (χ3n) is 3.00. The van der Waals surface area contributed by atoms with Crippen LogP contribution in [0.2, 0.25) is 6.04 Å². The first-order chi connectivity index (χ1) is 7.33. The van der Waals surface area contributed by atoms with E-state index in [9.17, 15) is 0 Å². The summed E-state index contributed by atoms with van der Waals surface area (Å²) in [6, 6.07) is 12.5. The molecule has 0 N–H and O–H groups in total. The summed E-state index contributed by atoms with van der Waals surface area (Å²) in [6.07, 6.45) is 1.31. The van der Waals surface area contributed by atoms with Crippen LogP contribution in [0.1, 0.15) is 27.2 Å². The van der Waals surface area contributed by atoms with Crippen LogP contribution in [0.15, 0.2) is 30.3 Å². The lowest BCUT2D eigenvalue weighted by atomic mass is 10.4. The van der Waals surface area contributed by atoms with Gasteiger partial charge in [0.25, 0.3) is 0 Å². The first-order valence-electron chi connectivity index (χ1n) is 6.12. The Labute approximate surface area is 95.8 Å². The molecule has 0 aliphatic carbocycles. The van der Waals surface area contributed by atoms with Crippen molar-refractivity contribution in [2.75, 3.05) is 13.1 Å². The molecule has 1 rings (SSSR count). The quantitative estimate of drug-likeness (QED) is 0.667. The minimum atomic E-state index is -0.874. The van der Waals surface area contributed by atoms with Gasteiger partial charge in [-0.15, -0.1) is 0 Å². The summed E-state index contributed by atoms with van der Waals surface area (Å²) < 4.78 is 2.68. The number of nitrogens with zero attached hydrogens (tertiary/aromatic N) is 1. The van der Waals surface area contributed by atoms with Crippen LogP contribution in [-0.4, -0.2) is 26.6 Å². The Morgan fingerprint density at radius 1 is 1.00 bits per heavy atom. The molecule has 0 saturated carbocycles. The molecular formula is C13H23NSi. The number of rotatable bonds is 6. The Bertz CT molecular complexity index is 256. The Kier molecular flexibility index (Phi) is 5.65. The largest absolute Gasteiger partial charge is 0.323 e. The van der Waals surface area contributed by atoms with Gasteiger partial charge in [-0.25, -0.2) is 0 Å². The Morgan fingerprint density at radius 2 is 1.60 bits per heavy atom. The minimum absolute atomic E-state index is 0.874. The van der Waals surface area contributed by atoms with Crippen LogP contribution in [0.5, 0.6) is 0 Å². The maximum absolute atomic E-state index is 2.68. The highest BCUT2D eigenvalue weighted by atomic mass is 28.3. The van der Waals surface area contributed by atoms with E-state index in [0.29, 0.717) is 0 Å². The summed E-state index contributed by atoms with van der Waals surface area (Å²) >= 11 is 0. The van der Waals surface area contributed by atoms with Crippen molar-refractivity contribution in [3.63, 3.8) is 0 Å². The molecule has 0 aliphatic heterocycles. The van der Waals surface area contributed by atoms with Crippen LogP contribution < -0.4 is 5.19 Å². The van der Waals surface area contributed by atoms with Gasteiger partial charge >= 0.3 is 0 Å². The van der Waals surface area contributed by atoms with Crippen LogP contribution in [0.25, 0.3) is 0 Å². The fourth-order valence-electron chi connectivity index (χ4n) is 2.17. The first-order valence-corrected chi connectivity index (χ1v) is 8.03. The van der Waals surface area contributed by atoms with Crippen molar-refractivity contribution in [2.24, 2.45) is 0 Å². The van der Waals surface area contributed by atoms with Crippen molar-refractivity contribution in [1.29, 1.82) is 0 Å². The van der Waals surface area contributed by atoms with Gasteiger partial charge in [0.05, 0.1) is 0 Å². The predicted molar refractivity (Wildman–Crippen MR) is 71.2 cm³/mol. The lowest BCUT2D eigenvalue weighted by molar-refractivity contribution is 0.482. The standard InChI is InChI=1S/C13H23NSi/c1-4-12-15(14(5-2)6-3)13-10-8-7-9-11-13/h7-11,15H,4-6,12H2,1-3H3. The second kappa shape index (κ2) is 6.80. The summed E-state index contributed by atoms with van der Waals surface area (Å²) in [7, 11) is -0.874. The van der Waals surface area contributed by atoms with E-state index in [4.69, 9.17) is 0 Å². The summed E-state index contributed by atoms with van der Waals surface area (Å²) in [5, 5.41) is 1.60. The fourth-order valence-corrected chi connectivity index (χ4v) is 5.39. The minimum Gasteiger partial charge on any atom is -0.323 e. The van der Waals surface area contributed by atoms with E-state index in [2.05, 4.69) is 55.7 Å². The molecule has 0 spiro atoms. The van der Waals surface area contributed by atoms with Crippen LogP contribution in [-0.2, 0) is 0 Å². The molecule has 1 aromatic rings. The molecule has 1 aromatic carbocycles. The van der Waals surface area contributed by atoms with Crippen LogP contribution >= 0.6 is 0 Å². The van der Waals surface area contributed by atoms with E-state index in [1.807, 2.05) is 0 Å². The Morgan fingerprint density at radius 3 is 2.07 bits per heavy atom. The average molecular weight is 221 g/mol. The molecule has 2 heteroatoms. The molecule has 15 heavy (non-hydrogen) atoms. The molecule has 1 unspecified atom stereocenters. The zero-order chi connectivity index (χ0) is 11.1.